The van der Waals surface area contributed by atoms with Gasteiger partial charge in [-0.2, -0.15) is 0 Å². The number of benzene rings is 1. The average Bonchev–Trinajstić information content (AvgIpc) is 2.52. The van der Waals surface area contributed by atoms with Crippen molar-refractivity contribution >= 4 is 28.7 Å². The zero-order chi connectivity index (χ0) is 17.9. The number of carbonyl (C=O) groups is 3. The van der Waals surface area contributed by atoms with Crippen molar-refractivity contribution in [3.05, 3.63) is 40.2 Å². The summed E-state index contributed by atoms with van der Waals surface area (Å²) in [6, 6.07) is 5.94. The van der Waals surface area contributed by atoms with Crippen LogP contribution in [0.1, 0.15) is 10.4 Å². The van der Waals surface area contributed by atoms with Crippen LogP contribution in [-0.4, -0.2) is 45.9 Å². The molecule has 10 nitrogen and oxygen atoms in total. The van der Waals surface area contributed by atoms with Crippen molar-refractivity contribution in [1.82, 2.24) is 10.0 Å². The first-order chi connectivity index (χ1) is 11.3. The number of primary amides is 1. The Morgan fingerprint density at radius 2 is 1.92 bits per heavy atom. The maximum absolute atomic E-state index is 12.4. The van der Waals surface area contributed by atoms with Gasteiger partial charge < -0.3 is 26.1 Å². The molecule has 0 aliphatic carbocycles. The van der Waals surface area contributed by atoms with Crippen LogP contribution in [-0.2, 0) is 9.59 Å². The zero-order valence-corrected chi connectivity index (χ0v) is 12.2. The molecule has 0 unspecified atom stereocenters. The summed E-state index contributed by atoms with van der Waals surface area (Å²) in [5.41, 5.74) is 3.31. The number of aromatic nitrogens is 1. The first-order valence-electron chi connectivity index (χ1n) is 6.61. The van der Waals surface area contributed by atoms with Gasteiger partial charge in [-0.05, 0) is 12.1 Å². The molecule has 10 heteroatoms. The zero-order valence-electron chi connectivity index (χ0n) is 12.2. The number of aliphatic carboxylic acids is 1. The number of nitrogens with one attached hydrogen (secondary N) is 1. The van der Waals surface area contributed by atoms with E-state index in [1.54, 1.807) is 12.1 Å². The molecular weight excluding hydrogens is 322 g/mol. The number of pyridine rings is 1. The largest absolute Gasteiger partial charge is 0.506 e. The van der Waals surface area contributed by atoms with Crippen LogP contribution >= 0.6 is 0 Å². The van der Waals surface area contributed by atoms with Crippen LogP contribution in [0, 0.1) is 0 Å². The summed E-state index contributed by atoms with van der Waals surface area (Å²) in [4.78, 5) is 50.9. The van der Waals surface area contributed by atoms with E-state index in [9.17, 15) is 24.3 Å². The molecule has 0 bridgehead atoms. The lowest BCUT2D eigenvalue weighted by Crippen LogP contribution is -2.39. The van der Waals surface area contributed by atoms with Crippen molar-refractivity contribution in [1.29, 1.82) is 0 Å². The van der Waals surface area contributed by atoms with Gasteiger partial charge in [-0.1, -0.05) is 12.1 Å². The molecular formula is C14H13N3O7. The summed E-state index contributed by atoms with van der Waals surface area (Å²) in [6.07, 6.45) is 0. The van der Waals surface area contributed by atoms with Gasteiger partial charge in [0.2, 0.25) is 0 Å². The lowest BCUT2D eigenvalue weighted by molar-refractivity contribution is -0.135. The number of amides is 2. The van der Waals surface area contributed by atoms with E-state index in [-0.39, 0.29) is 10.9 Å². The smallest absolute Gasteiger partial charge is 0.322 e. The number of rotatable bonds is 6. The monoisotopic (exact) mass is 335 g/mol. The van der Waals surface area contributed by atoms with Crippen LogP contribution < -0.4 is 21.4 Å². The SMILES string of the molecule is NC(=O)COn1c(=O)c(C(=O)NCC(=O)O)c(O)c2ccccc21. The van der Waals surface area contributed by atoms with E-state index in [0.29, 0.717) is 4.73 Å². The molecule has 0 saturated carbocycles. The molecule has 1 aromatic heterocycles. The van der Waals surface area contributed by atoms with Crippen molar-refractivity contribution < 1.29 is 29.4 Å². The van der Waals surface area contributed by atoms with Crippen LogP contribution in [0.25, 0.3) is 10.9 Å². The Kier molecular flexibility index (Phi) is 4.68. The number of hydrogen-bond donors (Lipinski definition) is 4. The predicted octanol–water partition coefficient (Wildman–Crippen LogP) is -1.56. The lowest BCUT2D eigenvalue weighted by Gasteiger charge is -2.14. The maximum atomic E-state index is 12.4. The first kappa shape index (κ1) is 16.8. The molecule has 24 heavy (non-hydrogen) atoms. The molecule has 0 aliphatic heterocycles. The highest BCUT2D eigenvalue weighted by molar-refractivity contribution is 6.03. The number of nitrogens with two attached hydrogens (primary N) is 1. The molecule has 126 valence electrons. The number of carboxylic acids is 1. The van der Waals surface area contributed by atoms with E-state index >= 15 is 0 Å². The average molecular weight is 335 g/mol. The van der Waals surface area contributed by atoms with E-state index in [0.717, 1.165) is 0 Å². The van der Waals surface area contributed by atoms with Crippen molar-refractivity contribution in [2.75, 3.05) is 13.2 Å². The number of para-hydroxylation sites is 1. The van der Waals surface area contributed by atoms with Crippen molar-refractivity contribution in [3.63, 3.8) is 0 Å². The van der Waals surface area contributed by atoms with Crippen LogP contribution in [0.4, 0.5) is 0 Å². The quantitative estimate of drug-likeness (QED) is 0.496. The topological polar surface area (TPSA) is 161 Å². The van der Waals surface area contributed by atoms with Gasteiger partial charge in [0.25, 0.3) is 17.4 Å². The summed E-state index contributed by atoms with van der Waals surface area (Å²) in [5.74, 6) is -3.90. The van der Waals surface area contributed by atoms with E-state index in [1.807, 2.05) is 5.32 Å². The third kappa shape index (κ3) is 3.27. The fourth-order valence-electron chi connectivity index (χ4n) is 2.00. The molecule has 0 aliphatic rings. The van der Waals surface area contributed by atoms with Gasteiger partial charge in [0.05, 0.1) is 5.52 Å². The fraction of sp³-hybridized carbons (Fsp3) is 0.143. The van der Waals surface area contributed by atoms with E-state index < -0.39 is 47.8 Å². The van der Waals surface area contributed by atoms with Crippen LogP contribution in [0.2, 0.25) is 0 Å². The molecule has 2 aromatic rings. The number of aromatic hydroxyl groups is 1. The molecule has 0 atom stereocenters. The molecule has 0 spiro atoms. The highest BCUT2D eigenvalue weighted by Crippen LogP contribution is 2.25. The molecule has 1 heterocycles. The Labute approximate surface area is 134 Å². The van der Waals surface area contributed by atoms with Crippen LogP contribution in [0.15, 0.2) is 29.1 Å². The summed E-state index contributed by atoms with van der Waals surface area (Å²) in [6.45, 7) is -1.38. The highest BCUT2D eigenvalue weighted by Gasteiger charge is 2.23. The number of hydrogen-bond acceptors (Lipinski definition) is 6. The van der Waals surface area contributed by atoms with Crippen molar-refractivity contribution in [2.24, 2.45) is 5.73 Å². The van der Waals surface area contributed by atoms with E-state index in [1.165, 1.54) is 12.1 Å². The molecule has 2 rings (SSSR count). The minimum Gasteiger partial charge on any atom is -0.506 e. The number of carboxylic acid groups (broad SMARTS) is 1. The van der Waals surface area contributed by atoms with Crippen LogP contribution in [0.3, 0.4) is 0 Å². The Hall–Kier alpha value is -3.56. The van der Waals surface area contributed by atoms with Crippen LogP contribution in [0.5, 0.6) is 5.75 Å². The normalized spacial score (nSPS) is 10.3. The standard InChI is InChI=1S/C14H13N3O7/c15-9(18)6-24-17-8-4-2-1-3-7(8)12(21)11(14(17)23)13(22)16-5-10(19)20/h1-4,21H,5-6H2,(H2,15,18)(H,16,22)(H,19,20). The Morgan fingerprint density at radius 3 is 2.54 bits per heavy atom. The molecule has 0 radical (unpaired) electrons. The van der Waals surface area contributed by atoms with Gasteiger partial charge in [-0.25, -0.2) is 0 Å². The third-order valence-corrected chi connectivity index (χ3v) is 2.98. The molecule has 1 aromatic carbocycles. The second kappa shape index (κ2) is 6.69. The van der Waals surface area contributed by atoms with E-state index in [2.05, 4.69) is 0 Å². The minimum atomic E-state index is -1.33. The molecule has 0 fully saturated rings. The van der Waals surface area contributed by atoms with Gasteiger partial charge in [0.1, 0.15) is 12.3 Å². The Balaban J connectivity index is 2.62. The first-order valence-corrected chi connectivity index (χ1v) is 6.61. The third-order valence-electron chi connectivity index (χ3n) is 2.98. The summed E-state index contributed by atoms with van der Waals surface area (Å²) < 4.78 is 0.648. The second-order valence-corrected chi connectivity index (χ2v) is 4.66. The van der Waals surface area contributed by atoms with Gasteiger partial charge >= 0.3 is 5.97 Å². The van der Waals surface area contributed by atoms with Gasteiger partial charge in [-0.3, -0.25) is 19.2 Å². The maximum Gasteiger partial charge on any atom is 0.322 e. The molecule has 5 N–H and O–H groups in total. The lowest BCUT2D eigenvalue weighted by atomic mass is 10.1. The summed E-state index contributed by atoms with van der Waals surface area (Å²) in [7, 11) is 0. The van der Waals surface area contributed by atoms with E-state index in [4.69, 9.17) is 15.7 Å². The van der Waals surface area contributed by atoms with Crippen molar-refractivity contribution in [2.45, 2.75) is 0 Å². The highest BCUT2D eigenvalue weighted by atomic mass is 16.7. The summed E-state index contributed by atoms with van der Waals surface area (Å²) >= 11 is 0. The van der Waals surface area contributed by atoms with Gasteiger partial charge in [0, 0.05) is 5.39 Å². The number of fused-ring (bicyclic) bond motifs is 1. The van der Waals surface area contributed by atoms with Gasteiger partial charge in [0.15, 0.2) is 12.2 Å². The summed E-state index contributed by atoms with van der Waals surface area (Å²) in [5, 5.41) is 20.9. The molecule has 2 amide bonds. The molecule has 0 saturated heterocycles. The number of nitrogens with zero attached hydrogens (tertiary/aromatic N) is 1. The Bertz CT molecular complexity index is 888. The Morgan fingerprint density at radius 1 is 1.25 bits per heavy atom. The fourth-order valence-corrected chi connectivity index (χ4v) is 2.00. The minimum absolute atomic E-state index is 0.0991. The van der Waals surface area contributed by atoms with Gasteiger partial charge in [-0.15, -0.1) is 4.73 Å². The predicted molar refractivity (Wildman–Crippen MR) is 80.5 cm³/mol. The number of carbonyl (C=O) groups excluding carboxylic acids is 2. The second-order valence-electron chi connectivity index (χ2n) is 4.66. The van der Waals surface area contributed by atoms with Crippen molar-refractivity contribution in [3.8, 4) is 5.75 Å².